The van der Waals surface area contributed by atoms with E-state index in [1.807, 2.05) is 54.6 Å². The van der Waals surface area contributed by atoms with Crippen molar-refractivity contribution in [1.29, 1.82) is 0 Å². The highest BCUT2D eigenvalue weighted by Gasteiger charge is 2.75. The monoisotopic (exact) mass is 613 g/mol. The van der Waals surface area contributed by atoms with Crippen LogP contribution < -0.4 is 0 Å². The zero-order valence-corrected chi connectivity index (χ0v) is 25.9. The van der Waals surface area contributed by atoms with Gasteiger partial charge in [0.1, 0.15) is 0 Å². The summed E-state index contributed by atoms with van der Waals surface area (Å²) in [7, 11) is 0. The number of benzene rings is 2. The number of aliphatic hydroxyl groups is 1. The molecule has 2 heterocycles. The smallest absolute Gasteiger partial charge is 0.185 e. The van der Waals surface area contributed by atoms with E-state index >= 15 is 0 Å². The number of allylic oxidation sites excluding steroid dienone is 4. The number of carbonyl (C=O) groups excluding carboxylic acids is 2. The standard InChI is InChI=1S/C35H35NO5S2/c1-33-15-14-22(37)16-21(33)12-13-23-24-17-29-35(34(24,2)18-26(38)30(23)33,41-31(40-29)20-8-4-3-5-9-20)28(39)19-42-32-36-25-10-6-7-11-27(25)43-32/h3-11,14-16,23-24,26,29-31,38H,12-13,17-19H2,1-2H3/t23?,24?,26-,29-,30?,31?,33?,34?,35+/m0/s1. The van der Waals surface area contributed by atoms with Crippen LogP contribution in [0.1, 0.15) is 51.4 Å². The van der Waals surface area contributed by atoms with Gasteiger partial charge in [0.05, 0.1) is 28.2 Å². The Bertz CT molecular complexity index is 1650. The van der Waals surface area contributed by atoms with Gasteiger partial charge in [-0.2, -0.15) is 0 Å². The maximum Gasteiger partial charge on any atom is 0.185 e. The molecule has 8 heteroatoms. The lowest BCUT2D eigenvalue weighted by Crippen LogP contribution is -2.63. The lowest BCUT2D eigenvalue weighted by atomic mass is 9.46. The summed E-state index contributed by atoms with van der Waals surface area (Å²) < 4.78 is 15.6. The molecule has 3 aromatic rings. The minimum absolute atomic E-state index is 0.0154. The van der Waals surface area contributed by atoms with Crippen molar-refractivity contribution in [2.24, 2.45) is 28.6 Å². The first-order chi connectivity index (χ1) is 20.7. The van der Waals surface area contributed by atoms with Crippen molar-refractivity contribution in [3.63, 3.8) is 0 Å². The Morgan fingerprint density at radius 1 is 1.14 bits per heavy atom. The second-order valence-electron chi connectivity index (χ2n) is 13.3. The maximum absolute atomic E-state index is 14.7. The van der Waals surface area contributed by atoms with E-state index in [9.17, 15) is 14.7 Å². The number of aliphatic hydroxyl groups excluding tert-OH is 1. The van der Waals surface area contributed by atoms with E-state index in [4.69, 9.17) is 14.5 Å². The van der Waals surface area contributed by atoms with Crippen LogP contribution in [-0.4, -0.2) is 45.2 Å². The van der Waals surface area contributed by atoms with Crippen molar-refractivity contribution in [3.05, 3.63) is 84.0 Å². The fourth-order valence-electron chi connectivity index (χ4n) is 9.47. The van der Waals surface area contributed by atoms with Gasteiger partial charge in [-0.3, -0.25) is 9.59 Å². The number of para-hydroxylation sites is 1. The summed E-state index contributed by atoms with van der Waals surface area (Å²) in [6, 6.07) is 17.9. The fraction of sp³-hybridized carbons (Fsp3) is 0.457. The summed E-state index contributed by atoms with van der Waals surface area (Å²) >= 11 is 3.07. The normalized spacial score (nSPS) is 39.6. The zero-order valence-electron chi connectivity index (χ0n) is 24.3. The van der Waals surface area contributed by atoms with Crippen LogP contribution in [0.3, 0.4) is 0 Å². The number of carbonyl (C=O) groups is 2. The van der Waals surface area contributed by atoms with Gasteiger partial charge >= 0.3 is 0 Å². The van der Waals surface area contributed by atoms with Crippen molar-refractivity contribution >= 4 is 44.9 Å². The number of aromatic nitrogens is 1. The highest BCUT2D eigenvalue weighted by Crippen LogP contribution is 2.70. The summed E-state index contributed by atoms with van der Waals surface area (Å²) in [6.45, 7) is 4.34. The Labute approximate surface area is 259 Å². The Morgan fingerprint density at radius 2 is 1.93 bits per heavy atom. The molecule has 0 spiro atoms. The topological polar surface area (TPSA) is 85.7 Å². The first-order valence-corrected chi connectivity index (χ1v) is 17.1. The van der Waals surface area contributed by atoms with E-state index < -0.39 is 29.5 Å². The van der Waals surface area contributed by atoms with Crippen LogP contribution in [0.2, 0.25) is 0 Å². The van der Waals surface area contributed by atoms with Gasteiger partial charge in [0.15, 0.2) is 27.8 Å². The molecule has 6 nitrogen and oxygen atoms in total. The number of nitrogens with zero attached hydrogens (tertiary/aromatic N) is 1. The molecule has 4 fully saturated rings. The van der Waals surface area contributed by atoms with Crippen LogP contribution in [0.4, 0.5) is 0 Å². The second kappa shape index (κ2) is 9.94. The molecule has 1 aliphatic heterocycles. The van der Waals surface area contributed by atoms with E-state index in [1.165, 1.54) is 11.8 Å². The average molecular weight is 614 g/mol. The highest BCUT2D eigenvalue weighted by molar-refractivity contribution is 8.01. The van der Waals surface area contributed by atoms with Gasteiger partial charge < -0.3 is 14.6 Å². The molecule has 0 radical (unpaired) electrons. The van der Waals surface area contributed by atoms with E-state index in [-0.39, 0.29) is 40.5 Å². The molecule has 1 saturated heterocycles. The molecular formula is C35H35NO5S2. The van der Waals surface area contributed by atoms with Crippen molar-refractivity contribution in [2.75, 3.05) is 5.75 Å². The minimum Gasteiger partial charge on any atom is -0.393 e. The lowest BCUT2D eigenvalue weighted by molar-refractivity contribution is -0.198. The Hall–Kier alpha value is -2.62. The van der Waals surface area contributed by atoms with Crippen LogP contribution in [0, 0.1) is 28.6 Å². The number of thiazole rings is 1. The molecule has 0 amide bonds. The van der Waals surface area contributed by atoms with E-state index in [0.29, 0.717) is 12.8 Å². The molecule has 4 aliphatic carbocycles. The second-order valence-corrected chi connectivity index (χ2v) is 15.6. The predicted molar refractivity (Wildman–Crippen MR) is 167 cm³/mol. The summed E-state index contributed by atoms with van der Waals surface area (Å²) in [5.41, 5.74) is 0.798. The molecule has 2 aromatic carbocycles. The predicted octanol–water partition coefficient (Wildman–Crippen LogP) is 6.70. The van der Waals surface area contributed by atoms with Crippen LogP contribution in [0.15, 0.2) is 82.7 Å². The number of hydrogen-bond acceptors (Lipinski definition) is 8. The van der Waals surface area contributed by atoms with Crippen molar-refractivity contribution in [2.45, 2.75) is 68.0 Å². The molecule has 1 N–H and O–H groups in total. The number of ketones is 2. The molecular weight excluding hydrogens is 579 g/mol. The third-order valence-electron chi connectivity index (χ3n) is 11.3. The quantitative estimate of drug-likeness (QED) is 0.321. The SMILES string of the molecule is CC12C=CC(=O)C=C1CCC1C2[C@@H](O)CC2(C)C1C[C@@H]1OC(c3ccccc3)O[C@]12C(=O)CSc1nc2ccccc2s1. The van der Waals surface area contributed by atoms with Crippen molar-refractivity contribution in [3.8, 4) is 0 Å². The highest BCUT2D eigenvalue weighted by atomic mass is 32.2. The van der Waals surface area contributed by atoms with Gasteiger partial charge in [-0.25, -0.2) is 4.98 Å². The number of rotatable bonds is 5. The van der Waals surface area contributed by atoms with Gasteiger partial charge in [-0.15, -0.1) is 11.3 Å². The third kappa shape index (κ3) is 3.99. The van der Waals surface area contributed by atoms with Crippen LogP contribution >= 0.6 is 23.1 Å². The van der Waals surface area contributed by atoms with Crippen LogP contribution in [-0.2, 0) is 19.1 Å². The zero-order chi connectivity index (χ0) is 29.6. The summed E-state index contributed by atoms with van der Waals surface area (Å²) in [4.78, 5) is 31.7. The molecule has 9 atom stereocenters. The molecule has 8 rings (SSSR count). The minimum atomic E-state index is -1.18. The van der Waals surface area contributed by atoms with E-state index in [0.717, 1.165) is 38.5 Å². The number of Topliss-reactive ketones (excluding diaryl/α,β-unsaturated/α-hetero) is 1. The van der Waals surface area contributed by atoms with Crippen molar-refractivity contribution < 1.29 is 24.2 Å². The van der Waals surface area contributed by atoms with Crippen LogP contribution in [0.25, 0.3) is 10.2 Å². The summed E-state index contributed by atoms with van der Waals surface area (Å²) in [5.74, 6) is 0.569. The first-order valence-electron chi connectivity index (χ1n) is 15.3. The number of fused-ring (bicyclic) bond motifs is 8. The molecule has 222 valence electrons. The summed E-state index contributed by atoms with van der Waals surface area (Å²) in [5, 5.41) is 12.0. The first kappa shape index (κ1) is 27.9. The average Bonchev–Trinajstić information content (AvgIpc) is 3.66. The molecule has 3 saturated carbocycles. The maximum atomic E-state index is 14.7. The fourth-order valence-corrected chi connectivity index (χ4v) is 11.5. The molecule has 43 heavy (non-hydrogen) atoms. The Kier molecular flexibility index (Phi) is 6.45. The lowest BCUT2D eigenvalue weighted by Gasteiger charge is -2.59. The summed E-state index contributed by atoms with van der Waals surface area (Å²) in [6.07, 6.45) is 6.64. The Balaban J connectivity index is 1.15. The molecule has 5 aliphatic rings. The number of thioether (sulfide) groups is 1. The number of hydrogen-bond donors (Lipinski definition) is 1. The number of ether oxygens (including phenoxy) is 2. The Morgan fingerprint density at radius 3 is 2.74 bits per heavy atom. The largest absolute Gasteiger partial charge is 0.393 e. The van der Waals surface area contributed by atoms with E-state index in [1.54, 1.807) is 23.5 Å². The van der Waals surface area contributed by atoms with Gasteiger partial charge in [-0.1, -0.05) is 79.7 Å². The molecule has 1 aromatic heterocycles. The molecule has 0 bridgehead atoms. The van der Waals surface area contributed by atoms with Gasteiger partial charge in [0, 0.05) is 22.3 Å². The van der Waals surface area contributed by atoms with E-state index in [2.05, 4.69) is 19.9 Å². The van der Waals surface area contributed by atoms with Gasteiger partial charge in [0.25, 0.3) is 0 Å². The van der Waals surface area contributed by atoms with Gasteiger partial charge in [0.2, 0.25) is 0 Å². The van der Waals surface area contributed by atoms with Crippen LogP contribution in [0.5, 0.6) is 0 Å². The third-order valence-corrected chi connectivity index (χ3v) is 13.5. The van der Waals surface area contributed by atoms with Gasteiger partial charge in [-0.05, 0) is 61.8 Å². The van der Waals surface area contributed by atoms with Crippen molar-refractivity contribution in [1.82, 2.24) is 4.98 Å². The molecule has 6 unspecified atom stereocenters.